The van der Waals surface area contributed by atoms with Crippen LogP contribution in [0.2, 0.25) is 0 Å². The van der Waals surface area contributed by atoms with Crippen molar-refractivity contribution in [1.29, 1.82) is 0 Å². The van der Waals surface area contributed by atoms with E-state index in [0.717, 1.165) is 29.7 Å². The van der Waals surface area contributed by atoms with E-state index in [1.54, 1.807) is 0 Å². The molecule has 0 saturated heterocycles. The van der Waals surface area contributed by atoms with Crippen LogP contribution < -0.4 is 5.32 Å². The van der Waals surface area contributed by atoms with Crippen LogP contribution >= 0.6 is 0 Å². The van der Waals surface area contributed by atoms with Crippen LogP contribution in [-0.4, -0.2) is 25.8 Å². The van der Waals surface area contributed by atoms with Gasteiger partial charge in [-0.05, 0) is 24.0 Å². The Morgan fingerprint density at radius 1 is 1.25 bits per heavy atom. The highest BCUT2D eigenvalue weighted by Gasteiger charge is 2.17. The highest BCUT2D eigenvalue weighted by molar-refractivity contribution is 7.92. The highest BCUT2D eigenvalue weighted by Crippen LogP contribution is 2.22. The number of aryl methyl sites for hydroxylation is 2. The third-order valence-electron chi connectivity index (χ3n) is 2.92. The van der Waals surface area contributed by atoms with Crippen molar-refractivity contribution < 1.29 is 13.2 Å². The Morgan fingerprint density at radius 3 is 2.25 bits per heavy atom. The molecule has 1 rings (SSSR count). The smallest absolute Gasteiger partial charge is 0.239 e. The summed E-state index contributed by atoms with van der Waals surface area (Å²) in [6.45, 7) is 3.97. The molecule has 5 heteroatoms. The summed E-state index contributed by atoms with van der Waals surface area (Å²) in [6, 6.07) is 5.78. The number of hydrogen-bond donors (Lipinski definition) is 1. The summed E-state index contributed by atoms with van der Waals surface area (Å²) in [5.74, 6) is 0.504. The predicted molar refractivity (Wildman–Crippen MR) is 81.3 cm³/mol. The number of nitrogens with one attached hydrogen (secondary N) is 1. The quantitative estimate of drug-likeness (QED) is 0.813. The number of amides is 1. The van der Waals surface area contributed by atoms with Crippen molar-refractivity contribution in [2.24, 2.45) is 0 Å². The SMILES string of the molecule is C#CCS(=O)(=O)CC(=O)Nc1c(CC)cccc1CC. The lowest BCUT2D eigenvalue weighted by Crippen LogP contribution is -2.25. The molecule has 1 aromatic carbocycles. The number of benzene rings is 1. The molecule has 108 valence electrons. The van der Waals surface area contributed by atoms with Gasteiger partial charge in [0.15, 0.2) is 9.84 Å². The predicted octanol–water partition coefficient (Wildman–Crippen LogP) is 1.80. The topological polar surface area (TPSA) is 63.2 Å². The highest BCUT2D eigenvalue weighted by atomic mass is 32.2. The van der Waals surface area contributed by atoms with E-state index in [9.17, 15) is 13.2 Å². The summed E-state index contributed by atoms with van der Waals surface area (Å²) >= 11 is 0. The van der Waals surface area contributed by atoms with Crippen LogP contribution in [0.4, 0.5) is 5.69 Å². The number of para-hydroxylation sites is 1. The van der Waals surface area contributed by atoms with Crippen molar-refractivity contribution in [2.45, 2.75) is 26.7 Å². The fraction of sp³-hybridized carbons (Fsp3) is 0.400. The molecule has 0 aliphatic carbocycles. The Balaban J connectivity index is 2.94. The Hall–Kier alpha value is -1.80. The van der Waals surface area contributed by atoms with Crippen molar-refractivity contribution in [3.8, 4) is 12.3 Å². The van der Waals surface area contributed by atoms with Crippen molar-refractivity contribution in [1.82, 2.24) is 0 Å². The standard InChI is InChI=1S/C15H19NO3S/c1-4-10-20(18,19)11-14(17)16-15-12(5-2)8-7-9-13(15)6-3/h1,7-9H,5-6,10-11H2,2-3H3,(H,16,17). The lowest BCUT2D eigenvalue weighted by molar-refractivity contribution is -0.113. The van der Waals surface area contributed by atoms with Crippen molar-refractivity contribution in [3.05, 3.63) is 29.3 Å². The zero-order valence-electron chi connectivity index (χ0n) is 11.8. The first-order valence-electron chi connectivity index (χ1n) is 6.48. The van der Waals surface area contributed by atoms with Gasteiger partial charge in [0, 0.05) is 5.69 Å². The van der Waals surface area contributed by atoms with Crippen molar-refractivity contribution in [3.63, 3.8) is 0 Å². The molecule has 20 heavy (non-hydrogen) atoms. The minimum absolute atomic E-state index is 0.420. The monoisotopic (exact) mass is 293 g/mol. The van der Waals surface area contributed by atoms with Crippen molar-refractivity contribution in [2.75, 3.05) is 16.8 Å². The number of sulfone groups is 1. The van der Waals surface area contributed by atoms with E-state index in [2.05, 4.69) is 11.2 Å². The Kier molecular flexibility index (Phi) is 5.78. The molecule has 0 atom stereocenters. The number of anilines is 1. The van der Waals surface area contributed by atoms with Gasteiger partial charge in [0.2, 0.25) is 5.91 Å². The molecule has 1 amide bonds. The molecule has 1 aromatic rings. The third-order valence-corrected chi connectivity index (χ3v) is 4.23. The lowest BCUT2D eigenvalue weighted by Gasteiger charge is -2.14. The fourth-order valence-electron chi connectivity index (χ4n) is 1.96. The van der Waals surface area contributed by atoms with Crippen LogP contribution in [0, 0.1) is 12.3 Å². The second-order valence-electron chi connectivity index (χ2n) is 4.44. The fourth-order valence-corrected chi connectivity index (χ4v) is 2.78. The van der Waals surface area contributed by atoms with Gasteiger partial charge in [-0.2, -0.15) is 0 Å². The van der Waals surface area contributed by atoms with E-state index in [-0.39, 0.29) is 0 Å². The molecule has 0 aromatic heterocycles. The van der Waals surface area contributed by atoms with Crippen LogP contribution in [0.1, 0.15) is 25.0 Å². The molecule has 0 spiro atoms. The van der Waals surface area contributed by atoms with Crippen LogP contribution in [0.15, 0.2) is 18.2 Å². The first-order valence-corrected chi connectivity index (χ1v) is 8.30. The number of rotatable bonds is 6. The van der Waals surface area contributed by atoms with Crippen LogP contribution in [0.3, 0.4) is 0 Å². The molecule has 0 fully saturated rings. The van der Waals surface area contributed by atoms with E-state index in [1.165, 1.54) is 0 Å². The summed E-state index contributed by atoms with van der Waals surface area (Å²) in [4.78, 5) is 11.9. The maximum atomic E-state index is 11.9. The second kappa shape index (κ2) is 7.11. The van der Waals surface area contributed by atoms with Crippen molar-refractivity contribution >= 4 is 21.4 Å². The van der Waals surface area contributed by atoms with E-state index in [1.807, 2.05) is 32.0 Å². The summed E-state index contributed by atoms with van der Waals surface area (Å²) < 4.78 is 23.1. The number of carbonyl (C=O) groups is 1. The van der Waals surface area contributed by atoms with Gasteiger partial charge in [-0.3, -0.25) is 4.79 Å². The normalized spacial score (nSPS) is 10.8. The largest absolute Gasteiger partial charge is 0.325 e. The maximum Gasteiger partial charge on any atom is 0.239 e. The minimum Gasteiger partial charge on any atom is -0.325 e. The Labute approximate surface area is 120 Å². The molecule has 0 unspecified atom stereocenters. The van der Waals surface area contributed by atoms with Gasteiger partial charge < -0.3 is 5.32 Å². The third kappa shape index (κ3) is 4.39. The van der Waals surface area contributed by atoms with Gasteiger partial charge >= 0.3 is 0 Å². The first-order chi connectivity index (χ1) is 9.43. The molecule has 0 heterocycles. The molecule has 1 N–H and O–H groups in total. The number of carbonyl (C=O) groups excluding carboxylic acids is 1. The summed E-state index contributed by atoms with van der Waals surface area (Å²) in [5, 5.41) is 2.71. The molecular weight excluding hydrogens is 274 g/mol. The lowest BCUT2D eigenvalue weighted by atomic mass is 10.0. The van der Waals surface area contributed by atoms with E-state index in [4.69, 9.17) is 6.42 Å². The molecule has 0 saturated carbocycles. The number of terminal acetylenes is 1. The van der Waals surface area contributed by atoms with Gasteiger partial charge in [-0.1, -0.05) is 38.0 Å². The van der Waals surface area contributed by atoms with Crippen LogP contribution in [0.25, 0.3) is 0 Å². The summed E-state index contributed by atoms with van der Waals surface area (Å²) in [6.07, 6.45) is 6.50. The molecule has 0 radical (unpaired) electrons. The number of hydrogen-bond acceptors (Lipinski definition) is 3. The van der Waals surface area contributed by atoms with Crippen LogP contribution in [-0.2, 0) is 27.5 Å². The maximum absolute atomic E-state index is 11.9. The zero-order valence-corrected chi connectivity index (χ0v) is 12.6. The van der Waals surface area contributed by atoms with Gasteiger partial charge in [0.05, 0.1) is 0 Å². The molecule has 0 bridgehead atoms. The Bertz CT molecular complexity index is 605. The van der Waals surface area contributed by atoms with Crippen LogP contribution in [0.5, 0.6) is 0 Å². The zero-order chi connectivity index (χ0) is 15.2. The molecule has 0 aliphatic rings. The summed E-state index contributed by atoms with van der Waals surface area (Å²) in [7, 11) is -3.54. The second-order valence-corrected chi connectivity index (χ2v) is 6.51. The first kappa shape index (κ1) is 16.3. The van der Waals surface area contributed by atoms with E-state index < -0.39 is 27.3 Å². The molecule has 4 nitrogen and oxygen atoms in total. The van der Waals surface area contributed by atoms with E-state index in [0.29, 0.717) is 0 Å². The van der Waals surface area contributed by atoms with Gasteiger partial charge in [-0.15, -0.1) is 6.42 Å². The molecule has 0 aliphatic heterocycles. The van der Waals surface area contributed by atoms with Gasteiger partial charge in [0.1, 0.15) is 11.5 Å². The Morgan fingerprint density at radius 2 is 1.80 bits per heavy atom. The van der Waals surface area contributed by atoms with Gasteiger partial charge in [0.25, 0.3) is 0 Å². The van der Waals surface area contributed by atoms with E-state index >= 15 is 0 Å². The van der Waals surface area contributed by atoms with Gasteiger partial charge in [-0.25, -0.2) is 8.42 Å². The minimum atomic E-state index is -3.54. The average molecular weight is 293 g/mol. The average Bonchev–Trinajstić information content (AvgIpc) is 2.37. The summed E-state index contributed by atoms with van der Waals surface area (Å²) in [5.41, 5.74) is 2.71. The molecular formula is C15H19NO3S.